The van der Waals surface area contributed by atoms with Crippen molar-refractivity contribution in [3.05, 3.63) is 35.4 Å². The van der Waals surface area contributed by atoms with Gasteiger partial charge in [0.05, 0.1) is 0 Å². The van der Waals surface area contributed by atoms with Crippen molar-refractivity contribution in [3.63, 3.8) is 0 Å². The van der Waals surface area contributed by atoms with E-state index in [0.29, 0.717) is 6.04 Å². The van der Waals surface area contributed by atoms with Crippen molar-refractivity contribution in [1.29, 1.82) is 0 Å². The van der Waals surface area contributed by atoms with Crippen LogP contribution in [0.1, 0.15) is 49.8 Å². The largest absolute Gasteiger partial charge is 0.329 e. The number of nitrogens with zero attached hydrogens (tertiary/aromatic N) is 1. The van der Waals surface area contributed by atoms with E-state index < -0.39 is 0 Å². The maximum Gasteiger partial charge on any atom is 0.0470 e. The lowest BCUT2D eigenvalue weighted by Crippen LogP contribution is -2.34. The van der Waals surface area contributed by atoms with Crippen LogP contribution >= 0.6 is 0 Å². The second-order valence-electron chi connectivity index (χ2n) is 5.90. The summed E-state index contributed by atoms with van der Waals surface area (Å²) in [5, 5.41) is 0. The van der Waals surface area contributed by atoms with E-state index in [-0.39, 0.29) is 0 Å². The summed E-state index contributed by atoms with van der Waals surface area (Å²) in [6, 6.07) is 9.29. The average molecular weight is 260 g/mol. The lowest BCUT2D eigenvalue weighted by atomic mass is 9.98. The molecular formula is C17H28N2. The molecular weight excluding hydrogens is 232 g/mol. The Morgan fingerprint density at radius 1 is 1.21 bits per heavy atom. The van der Waals surface area contributed by atoms with Gasteiger partial charge in [0.25, 0.3) is 0 Å². The van der Waals surface area contributed by atoms with Crippen LogP contribution in [0.2, 0.25) is 0 Å². The van der Waals surface area contributed by atoms with Gasteiger partial charge in [-0.1, -0.05) is 43.2 Å². The zero-order chi connectivity index (χ0) is 13.7. The molecule has 2 N–H and O–H groups in total. The molecule has 2 heteroatoms. The molecule has 1 aromatic carbocycles. The van der Waals surface area contributed by atoms with Crippen LogP contribution in [0.15, 0.2) is 24.3 Å². The molecule has 0 aromatic heterocycles. The van der Waals surface area contributed by atoms with Crippen LogP contribution < -0.4 is 5.73 Å². The molecule has 2 rings (SSSR count). The van der Waals surface area contributed by atoms with Crippen LogP contribution in [0, 0.1) is 12.8 Å². The molecule has 2 unspecified atom stereocenters. The van der Waals surface area contributed by atoms with Crippen LogP contribution in [0.25, 0.3) is 0 Å². The summed E-state index contributed by atoms with van der Waals surface area (Å²) >= 11 is 0. The number of nitrogens with two attached hydrogens (primary N) is 1. The summed E-state index contributed by atoms with van der Waals surface area (Å²) in [5.74, 6) is 0.918. The summed E-state index contributed by atoms with van der Waals surface area (Å²) in [6.45, 7) is 7.58. The summed E-state index contributed by atoms with van der Waals surface area (Å²) in [7, 11) is 0. The smallest absolute Gasteiger partial charge is 0.0470 e. The summed E-state index contributed by atoms with van der Waals surface area (Å²) in [5.41, 5.74) is 8.75. The predicted octanol–water partition coefficient (Wildman–Crippen LogP) is 3.51. The van der Waals surface area contributed by atoms with Crippen LogP contribution in [0.4, 0.5) is 0 Å². The molecule has 2 nitrogen and oxygen atoms in total. The highest BCUT2D eigenvalue weighted by Gasteiger charge is 2.22. The lowest BCUT2D eigenvalue weighted by molar-refractivity contribution is 0.207. The van der Waals surface area contributed by atoms with Crippen LogP contribution in [-0.4, -0.2) is 24.5 Å². The fourth-order valence-corrected chi connectivity index (χ4v) is 3.19. The van der Waals surface area contributed by atoms with Crippen molar-refractivity contribution in [3.8, 4) is 0 Å². The first-order chi connectivity index (χ1) is 9.24. The van der Waals surface area contributed by atoms with Gasteiger partial charge in [-0.05, 0) is 50.8 Å². The van der Waals surface area contributed by atoms with E-state index in [4.69, 9.17) is 5.73 Å². The fourth-order valence-electron chi connectivity index (χ4n) is 3.19. The molecule has 106 valence electrons. The first-order valence-electron chi connectivity index (χ1n) is 7.75. The summed E-state index contributed by atoms with van der Waals surface area (Å²) in [6.07, 6.45) is 5.36. The zero-order valence-corrected chi connectivity index (χ0v) is 12.4. The van der Waals surface area contributed by atoms with Crippen molar-refractivity contribution in [2.45, 2.75) is 45.6 Å². The van der Waals surface area contributed by atoms with E-state index in [1.165, 1.54) is 49.9 Å². The van der Waals surface area contributed by atoms with Gasteiger partial charge in [-0.15, -0.1) is 0 Å². The van der Waals surface area contributed by atoms with Gasteiger partial charge in [0, 0.05) is 12.6 Å². The molecule has 0 radical (unpaired) electrons. The van der Waals surface area contributed by atoms with E-state index >= 15 is 0 Å². The monoisotopic (exact) mass is 260 g/mol. The van der Waals surface area contributed by atoms with E-state index in [1.54, 1.807) is 0 Å². The molecule has 1 aliphatic rings. The molecule has 1 heterocycles. The minimum Gasteiger partial charge on any atom is -0.329 e. The Labute approximate surface area is 118 Å². The van der Waals surface area contributed by atoms with Gasteiger partial charge in [-0.2, -0.15) is 0 Å². The van der Waals surface area contributed by atoms with Crippen LogP contribution in [0.5, 0.6) is 0 Å². The normalized spacial score (nSPS) is 23.0. The maximum atomic E-state index is 6.05. The van der Waals surface area contributed by atoms with Gasteiger partial charge in [-0.3, -0.25) is 4.90 Å². The molecule has 2 atom stereocenters. The van der Waals surface area contributed by atoms with Crippen molar-refractivity contribution < 1.29 is 0 Å². The number of aryl methyl sites for hydroxylation is 1. The van der Waals surface area contributed by atoms with Crippen molar-refractivity contribution in [1.82, 2.24) is 4.90 Å². The van der Waals surface area contributed by atoms with Crippen molar-refractivity contribution >= 4 is 0 Å². The topological polar surface area (TPSA) is 29.3 Å². The van der Waals surface area contributed by atoms with E-state index in [2.05, 4.69) is 43.0 Å². The summed E-state index contributed by atoms with van der Waals surface area (Å²) < 4.78 is 0. The van der Waals surface area contributed by atoms with E-state index in [0.717, 1.165) is 12.5 Å². The Balaban J connectivity index is 2.06. The SMILES string of the molecule is CCC1CCCN(C(CN)c2ccc(C)cc2)CC1. The molecule has 0 aliphatic carbocycles. The van der Waals surface area contributed by atoms with Crippen molar-refractivity contribution in [2.75, 3.05) is 19.6 Å². The third-order valence-corrected chi connectivity index (χ3v) is 4.59. The molecule has 0 spiro atoms. The molecule has 0 bridgehead atoms. The highest BCUT2D eigenvalue weighted by atomic mass is 15.2. The molecule has 1 fully saturated rings. The Morgan fingerprint density at radius 3 is 2.58 bits per heavy atom. The summed E-state index contributed by atoms with van der Waals surface area (Å²) in [4.78, 5) is 2.60. The van der Waals surface area contributed by atoms with Crippen molar-refractivity contribution in [2.24, 2.45) is 11.7 Å². The molecule has 0 saturated carbocycles. The highest BCUT2D eigenvalue weighted by molar-refractivity contribution is 5.24. The number of likely N-dealkylation sites (tertiary alicyclic amines) is 1. The van der Waals surface area contributed by atoms with Gasteiger partial charge < -0.3 is 5.73 Å². The molecule has 1 aromatic rings. The van der Waals surface area contributed by atoms with Gasteiger partial charge in [0.1, 0.15) is 0 Å². The first-order valence-corrected chi connectivity index (χ1v) is 7.75. The van der Waals surface area contributed by atoms with Gasteiger partial charge >= 0.3 is 0 Å². The Hall–Kier alpha value is -0.860. The van der Waals surface area contributed by atoms with Crippen LogP contribution in [0.3, 0.4) is 0 Å². The molecule has 19 heavy (non-hydrogen) atoms. The third kappa shape index (κ3) is 3.80. The number of hydrogen-bond acceptors (Lipinski definition) is 2. The second kappa shape index (κ2) is 7.06. The zero-order valence-electron chi connectivity index (χ0n) is 12.4. The number of benzene rings is 1. The van der Waals surface area contributed by atoms with Gasteiger partial charge in [0.15, 0.2) is 0 Å². The molecule has 1 saturated heterocycles. The maximum absolute atomic E-state index is 6.05. The minimum atomic E-state index is 0.399. The van der Waals surface area contributed by atoms with E-state index in [1.807, 2.05) is 0 Å². The Morgan fingerprint density at radius 2 is 1.95 bits per heavy atom. The third-order valence-electron chi connectivity index (χ3n) is 4.59. The number of rotatable bonds is 4. The molecule has 0 amide bonds. The fraction of sp³-hybridized carbons (Fsp3) is 0.647. The van der Waals surface area contributed by atoms with Gasteiger partial charge in [0.2, 0.25) is 0 Å². The minimum absolute atomic E-state index is 0.399. The van der Waals surface area contributed by atoms with Gasteiger partial charge in [-0.25, -0.2) is 0 Å². The Bertz CT molecular complexity index is 371. The second-order valence-corrected chi connectivity index (χ2v) is 5.90. The molecule has 1 aliphatic heterocycles. The quantitative estimate of drug-likeness (QED) is 0.897. The van der Waals surface area contributed by atoms with E-state index in [9.17, 15) is 0 Å². The predicted molar refractivity (Wildman–Crippen MR) is 82.2 cm³/mol. The first kappa shape index (κ1) is 14.5. The standard InChI is InChI=1S/C17H28N2/c1-3-15-5-4-11-19(12-10-15)17(13-18)16-8-6-14(2)7-9-16/h6-9,15,17H,3-5,10-13,18H2,1-2H3. The van der Waals surface area contributed by atoms with Crippen LogP contribution in [-0.2, 0) is 0 Å². The number of hydrogen-bond donors (Lipinski definition) is 1. The average Bonchev–Trinajstić information content (AvgIpc) is 2.67. The Kier molecular flexibility index (Phi) is 5.41. The highest BCUT2D eigenvalue weighted by Crippen LogP contribution is 2.27. The lowest BCUT2D eigenvalue weighted by Gasteiger charge is -2.30.